The van der Waals surface area contributed by atoms with E-state index in [1.54, 1.807) is 18.3 Å². The highest BCUT2D eigenvalue weighted by atomic mass is 32.2. The SMILES string of the molecule is CC=CC1=CN2C(=O)c3cc(OC)c(OCCCOc4cc5c(cc4OC)C(=O)N4C=C(OS(=O)(=O)C(F)(F)F)C[C@H]4C(=O)N5COCC[Si](C)(C)C)cc3N(COCC[Si](C)(C)C)C(=O)[C@@H]2C1. The zero-order valence-corrected chi connectivity index (χ0v) is 42.5. The predicted molar refractivity (Wildman–Crippen MR) is 251 cm³/mol. The topological polar surface area (TPSA) is 180 Å². The van der Waals surface area contributed by atoms with Crippen molar-refractivity contribution in [2.24, 2.45) is 0 Å². The van der Waals surface area contributed by atoms with Gasteiger partial charge in [0.05, 0.1) is 49.9 Å². The fourth-order valence-corrected chi connectivity index (χ4v) is 9.68. The van der Waals surface area contributed by atoms with Crippen LogP contribution in [0.1, 0.15) is 46.9 Å². The van der Waals surface area contributed by atoms with E-state index in [1.807, 2.05) is 19.1 Å². The number of benzene rings is 2. The Morgan fingerprint density at radius 2 is 1.13 bits per heavy atom. The van der Waals surface area contributed by atoms with Gasteiger partial charge in [-0.2, -0.15) is 21.6 Å². The van der Waals surface area contributed by atoms with E-state index < -0.39 is 67.9 Å². The van der Waals surface area contributed by atoms with Crippen LogP contribution in [-0.4, -0.2) is 130 Å². The van der Waals surface area contributed by atoms with E-state index in [1.165, 1.54) is 36.2 Å². The van der Waals surface area contributed by atoms with Crippen LogP contribution in [0.15, 0.2) is 60.1 Å². The molecule has 0 radical (unpaired) electrons. The largest absolute Gasteiger partial charge is 0.534 e. The van der Waals surface area contributed by atoms with Gasteiger partial charge in [0.2, 0.25) is 0 Å². The second-order valence-electron chi connectivity index (χ2n) is 19.0. The third-order valence-corrected chi connectivity index (χ3v) is 15.8. The molecule has 0 N–H and O–H groups in total. The first-order chi connectivity index (χ1) is 31.9. The van der Waals surface area contributed by atoms with Crippen LogP contribution in [-0.2, 0) is 33.4 Å². The summed E-state index contributed by atoms with van der Waals surface area (Å²) < 4.78 is 103. The summed E-state index contributed by atoms with van der Waals surface area (Å²) in [6.45, 7) is 15.3. The lowest BCUT2D eigenvalue weighted by Gasteiger charge is -2.27. The fourth-order valence-electron chi connectivity index (χ4n) is 7.68. The highest BCUT2D eigenvalue weighted by Crippen LogP contribution is 2.43. The molecule has 0 saturated carbocycles. The third-order valence-electron chi connectivity index (χ3n) is 11.4. The molecule has 0 bridgehead atoms. The van der Waals surface area contributed by atoms with Crippen molar-refractivity contribution in [3.8, 4) is 23.0 Å². The number of allylic oxidation sites excluding steroid dienone is 2. The molecule has 0 fully saturated rings. The highest BCUT2D eigenvalue weighted by Gasteiger charge is 2.51. The number of carbonyl (C=O) groups is 4. The zero-order chi connectivity index (χ0) is 49.9. The minimum Gasteiger partial charge on any atom is -0.493 e. The van der Waals surface area contributed by atoms with Gasteiger partial charge in [0, 0.05) is 73.2 Å². The molecule has 372 valence electrons. The number of hydrogen-bond donors (Lipinski definition) is 0. The monoisotopic (exact) mass is 1010 g/mol. The second kappa shape index (κ2) is 20.7. The zero-order valence-electron chi connectivity index (χ0n) is 39.7. The summed E-state index contributed by atoms with van der Waals surface area (Å²) in [5, 5.41) is 0. The molecule has 4 amide bonds. The van der Waals surface area contributed by atoms with Gasteiger partial charge in [0.1, 0.15) is 31.3 Å². The molecule has 4 aliphatic heterocycles. The number of nitrogens with zero attached hydrogens (tertiary/aromatic N) is 4. The van der Waals surface area contributed by atoms with E-state index in [-0.39, 0.29) is 91.3 Å². The first-order valence-electron chi connectivity index (χ1n) is 22.1. The Hall–Kier alpha value is -5.37. The van der Waals surface area contributed by atoms with E-state index in [9.17, 15) is 40.8 Å². The standard InChI is InChI=1S/C45H59F3N4O13SSi2/c1-10-12-29-19-35-43(55)51(27-61-15-17-67(4,5)6)33-23-39(37(59-2)21-31(33)41(53)49(35)25-29)63-13-11-14-64-40-24-34-32(22-38(40)60-3)42(54)50-26-30(65-66(57,58)45(46,47)48)20-36(50)44(56)52(34)28-62-16-18-68(7,8)9/h10,12,21-26,35-36H,11,13-20,27-28H2,1-9H3/t35-,36-/m0/s1. The maximum absolute atomic E-state index is 14.2. The molecule has 6 rings (SSSR count). The molecule has 4 aliphatic rings. The normalized spacial score (nSPS) is 18.8. The van der Waals surface area contributed by atoms with E-state index in [2.05, 4.69) is 43.5 Å². The van der Waals surface area contributed by atoms with Gasteiger partial charge < -0.3 is 37.5 Å². The predicted octanol–water partition coefficient (Wildman–Crippen LogP) is 7.47. The van der Waals surface area contributed by atoms with Crippen molar-refractivity contribution in [2.75, 3.05) is 63.9 Å². The van der Waals surface area contributed by atoms with Crippen molar-refractivity contribution in [3.63, 3.8) is 0 Å². The van der Waals surface area contributed by atoms with E-state index >= 15 is 0 Å². The quantitative estimate of drug-likeness (QED) is 0.0521. The van der Waals surface area contributed by atoms with E-state index in [0.717, 1.165) is 33.7 Å². The maximum Gasteiger partial charge on any atom is 0.534 e. The summed E-state index contributed by atoms with van der Waals surface area (Å²) in [7, 11) is -6.36. The van der Waals surface area contributed by atoms with Gasteiger partial charge >= 0.3 is 15.6 Å². The second-order valence-corrected chi connectivity index (χ2v) is 31.7. The first kappa shape index (κ1) is 52.0. The number of ether oxygens (including phenoxy) is 6. The van der Waals surface area contributed by atoms with Gasteiger partial charge in [0.15, 0.2) is 23.0 Å². The lowest BCUT2D eigenvalue weighted by molar-refractivity contribution is -0.123. The van der Waals surface area contributed by atoms with Gasteiger partial charge in [-0.25, -0.2) is 0 Å². The number of methoxy groups -OCH3 is 2. The van der Waals surface area contributed by atoms with Crippen molar-refractivity contribution in [1.29, 1.82) is 0 Å². The number of alkyl halides is 3. The van der Waals surface area contributed by atoms with Crippen molar-refractivity contribution in [2.45, 2.75) is 95.1 Å². The Kier molecular flexibility index (Phi) is 15.8. The van der Waals surface area contributed by atoms with Crippen LogP contribution in [0.3, 0.4) is 0 Å². The molecular weight excluding hydrogens is 950 g/mol. The van der Waals surface area contributed by atoms with Crippen LogP contribution in [0.5, 0.6) is 23.0 Å². The van der Waals surface area contributed by atoms with Crippen LogP contribution < -0.4 is 28.7 Å². The van der Waals surface area contributed by atoms with Crippen LogP contribution in [0, 0.1) is 0 Å². The minimum absolute atomic E-state index is 0.0222. The summed E-state index contributed by atoms with van der Waals surface area (Å²) in [6, 6.07) is 5.29. The summed E-state index contributed by atoms with van der Waals surface area (Å²) in [6.07, 6.45) is 6.16. The summed E-state index contributed by atoms with van der Waals surface area (Å²) >= 11 is 0. The number of amides is 4. The van der Waals surface area contributed by atoms with Crippen LogP contribution in [0.25, 0.3) is 0 Å². The molecule has 4 heterocycles. The lowest BCUT2D eigenvalue weighted by Crippen LogP contribution is -2.45. The van der Waals surface area contributed by atoms with Crippen LogP contribution in [0.2, 0.25) is 51.4 Å². The van der Waals surface area contributed by atoms with Crippen molar-refractivity contribution in [3.05, 3.63) is 71.3 Å². The van der Waals surface area contributed by atoms with E-state index in [0.29, 0.717) is 18.7 Å². The highest BCUT2D eigenvalue weighted by molar-refractivity contribution is 7.87. The third kappa shape index (κ3) is 11.7. The number of anilines is 2. The van der Waals surface area contributed by atoms with Crippen LogP contribution in [0.4, 0.5) is 24.5 Å². The van der Waals surface area contributed by atoms with Crippen molar-refractivity contribution < 1.29 is 73.4 Å². The molecule has 68 heavy (non-hydrogen) atoms. The smallest absolute Gasteiger partial charge is 0.493 e. The molecule has 0 saturated heterocycles. The molecule has 0 spiro atoms. The molecular formula is C45H59F3N4O13SSi2. The Morgan fingerprint density at radius 1 is 0.676 bits per heavy atom. The van der Waals surface area contributed by atoms with Crippen molar-refractivity contribution in [1.82, 2.24) is 9.80 Å². The Labute approximate surface area is 396 Å². The molecule has 17 nitrogen and oxygen atoms in total. The van der Waals surface area contributed by atoms with E-state index in [4.69, 9.17) is 28.4 Å². The molecule has 0 aromatic heterocycles. The first-order valence-corrected chi connectivity index (χ1v) is 30.9. The number of halogens is 3. The fraction of sp³-hybridized carbons (Fsp3) is 0.511. The number of fused-ring (bicyclic) bond motifs is 4. The number of rotatable bonds is 21. The summed E-state index contributed by atoms with van der Waals surface area (Å²) in [5.41, 5.74) is -4.38. The maximum atomic E-state index is 14.2. The van der Waals surface area contributed by atoms with Gasteiger partial charge in [-0.3, -0.25) is 33.9 Å². The molecule has 23 heteroatoms. The van der Waals surface area contributed by atoms with Gasteiger partial charge in [0.25, 0.3) is 23.6 Å². The number of carbonyl (C=O) groups excluding carboxylic acids is 4. The average molecular weight is 1010 g/mol. The Balaban J connectivity index is 1.22. The van der Waals surface area contributed by atoms with Crippen molar-refractivity contribution >= 4 is 61.3 Å². The minimum atomic E-state index is -6.09. The summed E-state index contributed by atoms with van der Waals surface area (Å²) in [4.78, 5) is 61.5. The Bertz CT molecular complexity index is 2490. The van der Waals surface area contributed by atoms with Gasteiger partial charge in [-0.15, -0.1) is 0 Å². The molecule has 2 aromatic rings. The lowest BCUT2D eigenvalue weighted by atomic mass is 10.1. The van der Waals surface area contributed by atoms with Crippen LogP contribution >= 0.6 is 0 Å². The summed E-state index contributed by atoms with van der Waals surface area (Å²) in [5.74, 6) is -2.30. The number of hydrogen-bond acceptors (Lipinski definition) is 13. The Morgan fingerprint density at radius 3 is 1.56 bits per heavy atom. The molecule has 2 atom stereocenters. The van der Waals surface area contributed by atoms with Gasteiger partial charge in [-0.05, 0) is 36.7 Å². The molecule has 0 unspecified atom stereocenters. The van der Waals surface area contributed by atoms with Gasteiger partial charge in [-0.1, -0.05) is 51.4 Å². The average Bonchev–Trinajstić information content (AvgIpc) is 3.85. The molecule has 2 aromatic carbocycles. The molecule has 0 aliphatic carbocycles.